The van der Waals surface area contributed by atoms with Gasteiger partial charge in [-0.1, -0.05) is 0 Å². The van der Waals surface area contributed by atoms with Crippen molar-refractivity contribution in [2.45, 2.75) is 0 Å². The SMILES string of the molecule is O.O.O=C(O)c1cc(C(=O)O)nc(-c2cc(C(=O)O)cc(C(=O)O)n2)c1. The van der Waals surface area contributed by atoms with Crippen LogP contribution in [0.15, 0.2) is 24.3 Å². The summed E-state index contributed by atoms with van der Waals surface area (Å²) in [6, 6.07) is 3.56. The van der Waals surface area contributed by atoms with Crippen LogP contribution in [0.4, 0.5) is 0 Å². The minimum atomic E-state index is -1.51. The second kappa shape index (κ2) is 8.27. The van der Waals surface area contributed by atoms with E-state index >= 15 is 0 Å². The van der Waals surface area contributed by atoms with Crippen molar-refractivity contribution < 1.29 is 50.6 Å². The van der Waals surface area contributed by atoms with Crippen LogP contribution in [0.3, 0.4) is 0 Å². The van der Waals surface area contributed by atoms with Gasteiger partial charge in [-0.05, 0) is 24.3 Å². The fourth-order valence-corrected chi connectivity index (χ4v) is 1.79. The van der Waals surface area contributed by atoms with Crippen LogP contribution in [-0.4, -0.2) is 65.2 Å². The monoisotopic (exact) mass is 368 g/mol. The maximum absolute atomic E-state index is 11.1. The quantitative estimate of drug-likeness (QED) is 0.516. The molecular formula is C14H12N2O10. The summed E-state index contributed by atoms with van der Waals surface area (Å²) >= 11 is 0. The van der Waals surface area contributed by atoms with Crippen LogP contribution in [0, 0.1) is 0 Å². The summed E-state index contributed by atoms with van der Waals surface area (Å²) in [4.78, 5) is 51.6. The van der Waals surface area contributed by atoms with Gasteiger partial charge in [-0.3, -0.25) is 0 Å². The molecule has 2 heterocycles. The van der Waals surface area contributed by atoms with Crippen LogP contribution >= 0.6 is 0 Å². The first-order chi connectivity index (χ1) is 11.2. The first-order valence-electron chi connectivity index (χ1n) is 6.16. The highest BCUT2D eigenvalue weighted by atomic mass is 16.4. The largest absolute Gasteiger partial charge is 0.478 e. The number of aromatic carboxylic acids is 4. The number of carbonyl (C=O) groups is 4. The maximum atomic E-state index is 11.1. The highest BCUT2D eigenvalue weighted by Gasteiger charge is 2.18. The second-order valence-electron chi connectivity index (χ2n) is 4.47. The van der Waals surface area contributed by atoms with Gasteiger partial charge in [0, 0.05) is 0 Å². The molecule has 12 nitrogen and oxygen atoms in total. The predicted octanol–water partition coefficient (Wildman–Crippen LogP) is -0.713. The molecule has 26 heavy (non-hydrogen) atoms. The molecule has 0 saturated carbocycles. The number of pyridine rings is 2. The second-order valence-corrected chi connectivity index (χ2v) is 4.47. The lowest BCUT2D eigenvalue weighted by atomic mass is 10.1. The van der Waals surface area contributed by atoms with Gasteiger partial charge in [-0.25, -0.2) is 29.1 Å². The Morgan fingerprint density at radius 2 is 0.885 bits per heavy atom. The molecule has 0 unspecified atom stereocenters. The third-order valence-corrected chi connectivity index (χ3v) is 2.85. The lowest BCUT2D eigenvalue weighted by molar-refractivity contribution is 0.0671. The first-order valence-corrected chi connectivity index (χ1v) is 6.16. The van der Waals surface area contributed by atoms with E-state index in [4.69, 9.17) is 20.4 Å². The van der Waals surface area contributed by atoms with Crippen molar-refractivity contribution in [2.24, 2.45) is 0 Å². The number of hydrogen-bond donors (Lipinski definition) is 4. The lowest BCUT2D eigenvalue weighted by Gasteiger charge is -2.06. The van der Waals surface area contributed by atoms with Gasteiger partial charge in [0.25, 0.3) is 0 Å². The normalized spacial score (nSPS) is 9.38. The molecule has 0 aliphatic carbocycles. The van der Waals surface area contributed by atoms with Gasteiger partial charge in [-0.2, -0.15) is 0 Å². The Morgan fingerprint density at radius 1 is 0.577 bits per heavy atom. The van der Waals surface area contributed by atoms with Crippen molar-refractivity contribution in [3.63, 3.8) is 0 Å². The van der Waals surface area contributed by atoms with Crippen LogP contribution in [0.25, 0.3) is 11.4 Å². The van der Waals surface area contributed by atoms with Crippen molar-refractivity contribution in [3.8, 4) is 11.4 Å². The van der Waals surface area contributed by atoms with Gasteiger partial charge in [0.2, 0.25) is 0 Å². The Balaban J connectivity index is 0.00000312. The number of carboxylic acid groups (broad SMARTS) is 4. The van der Waals surface area contributed by atoms with Crippen LogP contribution in [0.1, 0.15) is 41.7 Å². The van der Waals surface area contributed by atoms with E-state index in [1.54, 1.807) is 0 Å². The molecule has 0 aliphatic rings. The van der Waals surface area contributed by atoms with E-state index in [2.05, 4.69) is 9.97 Å². The van der Waals surface area contributed by atoms with Gasteiger partial charge in [-0.15, -0.1) is 0 Å². The van der Waals surface area contributed by atoms with Gasteiger partial charge in [0.1, 0.15) is 11.4 Å². The van der Waals surface area contributed by atoms with Gasteiger partial charge >= 0.3 is 23.9 Å². The van der Waals surface area contributed by atoms with E-state index < -0.39 is 46.4 Å². The average Bonchev–Trinajstić information content (AvgIpc) is 2.53. The Labute approximate surface area is 143 Å². The Kier molecular flexibility index (Phi) is 7.03. The summed E-state index contributed by atoms with van der Waals surface area (Å²) in [5.74, 6) is -5.89. The molecule has 0 atom stereocenters. The highest BCUT2D eigenvalue weighted by Crippen LogP contribution is 2.20. The molecule has 0 radical (unpaired) electrons. The molecule has 0 spiro atoms. The fraction of sp³-hybridized carbons (Fsp3) is 0. The van der Waals surface area contributed by atoms with Crippen molar-refractivity contribution in [1.82, 2.24) is 9.97 Å². The molecule has 8 N–H and O–H groups in total. The maximum Gasteiger partial charge on any atom is 0.354 e. The topological polar surface area (TPSA) is 238 Å². The van der Waals surface area contributed by atoms with Gasteiger partial charge in [0.15, 0.2) is 0 Å². The zero-order chi connectivity index (χ0) is 18.0. The van der Waals surface area contributed by atoms with Crippen LogP contribution in [-0.2, 0) is 0 Å². The summed E-state index contributed by atoms with van der Waals surface area (Å²) in [6.45, 7) is 0. The Bertz CT molecular complexity index is 755. The third-order valence-electron chi connectivity index (χ3n) is 2.85. The lowest BCUT2D eigenvalue weighted by Crippen LogP contribution is -2.09. The molecule has 2 rings (SSSR count). The standard InChI is InChI=1S/C14H8N2O8.2H2O/c17-11(18)5-1-7(15-9(3-5)13(21)22)8-2-6(12(19)20)4-10(16-8)14(23)24;;/h1-4H,(H,17,18)(H,19,20)(H,21,22)(H,23,24);2*1H2. The van der Waals surface area contributed by atoms with Crippen LogP contribution in [0.2, 0.25) is 0 Å². The number of hydrogen-bond acceptors (Lipinski definition) is 6. The van der Waals surface area contributed by atoms with Crippen molar-refractivity contribution in [3.05, 3.63) is 46.8 Å². The van der Waals surface area contributed by atoms with Gasteiger partial charge in [0.05, 0.1) is 22.5 Å². The van der Waals surface area contributed by atoms with Crippen molar-refractivity contribution in [1.29, 1.82) is 0 Å². The number of rotatable bonds is 5. The Morgan fingerprint density at radius 3 is 1.12 bits per heavy atom. The zero-order valence-corrected chi connectivity index (χ0v) is 12.6. The molecule has 2 aromatic rings. The van der Waals surface area contributed by atoms with Gasteiger partial charge < -0.3 is 31.4 Å². The highest BCUT2D eigenvalue weighted by molar-refractivity contribution is 5.95. The summed E-state index contributed by atoms with van der Waals surface area (Å²) in [7, 11) is 0. The molecule has 2 aromatic heterocycles. The van der Waals surface area contributed by atoms with Crippen molar-refractivity contribution >= 4 is 23.9 Å². The van der Waals surface area contributed by atoms with Crippen molar-refractivity contribution in [2.75, 3.05) is 0 Å². The van der Waals surface area contributed by atoms with Crippen LogP contribution in [0.5, 0.6) is 0 Å². The summed E-state index contributed by atoms with van der Waals surface area (Å²) in [5, 5.41) is 36.0. The molecule has 0 aliphatic heterocycles. The summed E-state index contributed by atoms with van der Waals surface area (Å²) < 4.78 is 0. The smallest absolute Gasteiger partial charge is 0.354 e. The molecule has 0 bridgehead atoms. The minimum Gasteiger partial charge on any atom is -0.478 e. The van der Waals surface area contributed by atoms with Crippen LogP contribution < -0.4 is 0 Å². The number of carboxylic acids is 4. The number of nitrogens with zero attached hydrogens (tertiary/aromatic N) is 2. The number of aromatic nitrogens is 2. The molecule has 0 saturated heterocycles. The van der Waals surface area contributed by atoms with E-state index in [-0.39, 0.29) is 22.3 Å². The third kappa shape index (κ3) is 4.56. The van der Waals surface area contributed by atoms with E-state index in [0.29, 0.717) is 0 Å². The minimum absolute atomic E-state index is 0. The summed E-state index contributed by atoms with van der Waals surface area (Å²) in [6.07, 6.45) is 0. The van der Waals surface area contributed by atoms with E-state index in [0.717, 1.165) is 24.3 Å². The predicted molar refractivity (Wildman–Crippen MR) is 82.5 cm³/mol. The molecule has 12 heteroatoms. The average molecular weight is 368 g/mol. The summed E-state index contributed by atoms with van der Waals surface area (Å²) in [5.41, 5.74) is -2.61. The van der Waals surface area contributed by atoms with E-state index in [1.807, 2.05) is 0 Å². The molecule has 0 aromatic carbocycles. The Hall–Kier alpha value is -3.90. The molecule has 0 fully saturated rings. The molecule has 138 valence electrons. The fourth-order valence-electron chi connectivity index (χ4n) is 1.79. The zero-order valence-electron chi connectivity index (χ0n) is 12.6. The first kappa shape index (κ1) is 22.1. The molecule has 0 amide bonds. The van der Waals surface area contributed by atoms with E-state index in [1.165, 1.54) is 0 Å². The van der Waals surface area contributed by atoms with E-state index in [9.17, 15) is 19.2 Å². The molecular weight excluding hydrogens is 356 g/mol.